The summed E-state index contributed by atoms with van der Waals surface area (Å²) < 4.78 is 6.13. The topological polar surface area (TPSA) is 45.7 Å². The number of carbonyl (C=O) groups excluding carboxylic acids is 1. The van der Waals surface area contributed by atoms with Crippen LogP contribution in [0.5, 0.6) is 5.75 Å². The highest BCUT2D eigenvalue weighted by Gasteiger charge is 2.34. The van der Waals surface area contributed by atoms with Gasteiger partial charge in [-0.25, -0.2) is 0 Å². The molecule has 186 valence electrons. The Morgan fingerprint density at radius 1 is 0.811 bits per heavy atom. The van der Waals surface area contributed by atoms with Crippen molar-refractivity contribution in [2.75, 3.05) is 18.0 Å². The second kappa shape index (κ2) is 10.5. The third kappa shape index (κ3) is 5.08. The minimum absolute atomic E-state index is 0.198. The third-order valence-electron chi connectivity index (χ3n) is 7.57. The summed E-state index contributed by atoms with van der Waals surface area (Å²) in [6.45, 7) is 3.22. The molecule has 3 heterocycles. The normalized spacial score (nSPS) is 15.6. The van der Waals surface area contributed by atoms with Gasteiger partial charge in [0.1, 0.15) is 12.4 Å². The number of carbonyl (C=O) groups is 1. The number of pyridine rings is 1. The number of aromatic nitrogens is 1. The number of nitrogens with zero attached hydrogens (tertiary/aromatic N) is 3. The average molecular weight is 490 g/mol. The first-order chi connectivity index (χ1) is 18.2. The predicted molar refractivity (Wildman–Crippen MR) is 146 cm³/mol. The standard InChI is InChI=1S/C32H31N3O2/c36-32-30-7-3-1-6-27(30)22-35(32)29-15-19-34(20-16-29)28-11-9-24(10-12-28)21-26-5-2-4-8-31(26)37-23-25-13-17-33-18-14-25/h1-14,17-18,29H,15-16,19-23H2. The average Bonchev–Trinajstić information content (AvgIpc) is 3.30. The largest absolute Gasteiger partial charge is 0.489 e. The van der Waals surface area contributed by atoms with E-state index in [2.05, 4.69) is 57.2 Å². The van der Waals surface area contributed by atoms with E-state index in [1.54, 1.807) is 12.4 Å². The number of ether oxygens (including phenoxy) is 1. The summed E-state index contributed by atoms with van der Waals surface area (Å²) in [6.07, 6.45) is 6.42. The molecule has 0 N–H and O–H groups in total. The van der Waals surface area contributed by atoms with Crippen molar-refractivity contribution in [3.05, 3.63) is 125 Å². The van der Waals surface area contributed by atoms with Crippen LogP contribution in [-0.4, -0.2) is 34.9 Å². The number of anilines is 1. The summed E-state index contributed by atoms with van der Waals surface area (Å²) in [5.74, 6) is 1.12. The first kappa shape index (κ1) is 23.3. The minimum atomic E-state index is 0.198. The molecule has 0 bridgehead atoms. The maximum absolute atomic E-state index is 12.9. The Bertz CT molecular complexity index is 1360. The second-order valence-corrected chi connectivity index (χ2v) is 9.90. The molecular weight excluding hydrogens is 458 g/mol. The lowest BCUT2D eigenvalue weighted by molar-refractivity contribution is 0.0675. The van der Waals surface area contributed by atoms with Crippen LogP contribution in [0.1, 0.15) is 45.5 Å². The molecule has 5 nitrogen and oxygen atoms in total. The molecule has 0 spiro atoms. The molecule has 4 aromatic rings. The Hall–Kier alpha value is -4.12. The van der Waals surface area contributed by atoms with Gasteiger partial charge in [-0.3, -0.25) is 9.78 Å². The van der Waals surface area contributed by atoms with Gasteiger partial charge in [-0.15, -0.1) is 0 Å². The molecule has 3 aromatic carbocycles. The van der Waals surface area contributed by atoms with Crippen LogP contribution < -0.4 is 9.64 Å². The highest BCUT2D eigenvalue weighted by molar-refractivity contribution is 5.98. The Labute approximate surface area is 218 Å². The van der Waals surface area contributed by atoms with Gasteiger partial charge in [0.25, 0.3) is 5.91 Å². The highest BCUT2D eigenvalue weighted by atomic mass is 16.5. The number of fused-ring (bicyclic) bond motifs is 1. The van der Waals surface area contributed by atoms with Crippen LogP contribution in [0.25, 0.3) is 0 Å². The SMILES string of the molecule is O=C1c2ccccc2CN1C1CCN(c2ccc(Cc3ccccc3OCc3ccncc3)cc2)CC1. The zero-order valence-electron chi connectivity index (χ0n) is 20.9. The molecule has 37 heavy (non-hydrogen) atoms. The first-order valence-corrected chi connectivity index (χ1v) is 13.1. The molecule has 2 aliphatic rings. The van der Waals surface area contributed by atoms with Crippen molar-refractivity contribution in [1.29, 1.82) is 0 Å². The van der Waals surface area contributed by atoms with Gasteiger partial charge >= 0.3 is 0 Å². The van der Waals surface area contributed by atoms with E-state index >= 15 is 0 Å². The number of hydrogen-bond donors (Lipinski definition) is 0. The Morgan fingerprint density at radius 3 is 2.32 bits per heavy atom. The fourth-order valence-corrected chi connectivity index (χ4v) is 5.48. The van der Waals surface area contributed by atoms with E-state index in [0.29, 0.717) is 12.6 Å². The molecule has 1 fully saturated rings. The molecule has 1 amide bonds. The van der Waals surface area contributed by atoms with Crippen molar-refractivity contribution >= 4 is 11.6 Å². The molecule has 0 radical (unpaired) electrons. The van der Waals surface area contributed by atoms with E-state index in [1.807, 2.05) is 42.5 Å². The van der Waals surface area contributed by atoms with Crippen molar-refractivity contribution in [3.8, 4) is 5.75 Å². The van der Waals surface area contributed by atoms with Gasteiger partial charge in [0.05, 0.1) is 0 Å². The van der Waals surface area contributed by atoms with Crippen LogP contribution in [0.3, 0.4) is 0 Å². The second-order valence-electron chi connectivity index (χ2n) is 9.90. The van der Waals surface area contributed by atoms with Crippen LogP contribution in [0.15, 0.2) is 97.3 Å². The fraction of sp³-hybridized carbons (Fsp3) is 0.250. The summed E-state index contributed by atoms with van der Waals surface area (Å²) >= 11 is 0. The zero-order chi connectivity index (χ0) is 25.0. The van der Waals surface area contributed by atoms with E-state index in [4.69, 9.17) is 4.74 Å². The fourth-order valence-electron chi connectivity index (χ4n) is 5.48. The quantitative estimate of drug-likeness (QED) is 0.325. The van der Waals surface area contributed by atoms with Crippen LogP contribution in [-0.2, 0) is 19.6 Å². The van der Waals surface area contributed by atoms with Gasteiger partial charge in [-0.05, 0) is 71.5 Å². The summed E-state index contributed by atoms with van der Waals surface area (Å²) in [6, 6.07) is 29.5. The molecule has 1 saturated heterocycles. The molecule has 0 aliphatic carbocycles. The van der Waals surface area contributed by atoms with Crippen molar-refractivity contribution in [2.24, 2.45) is 0 Å². The van der Waals surface area contributed by atoms with Gasteiger partial charge in [-0.2, -0.15) is 0 Å². The summed E-state index contributed by atoms with van der Waals surface area (Å²) in [5.41, 5.74) is 6.84. The molecule has 0 atom stereocenters. The van der Waals surface area contributed by atoms with E-state index in [0.717, 1.165) is 61.3 Å². The number of hydrogen-bond acceptors (Lipinski definition) is 4. The van der Waals surface area contributed by atoms with Gasteiger partial charge in [0.15, 0.2) is 0 Å². The molecule has 2 aliphatic heterocycles. The Kier molecular flexibility index (Phi) is 6.59. The Balaban J connectivity index is 1.05. The van der Waals surface area contributed by atoms with E-state index in [9.17, 15) is 4.79 Å². The molecule has 6 rings (SSSR count). The molecular formula is C32H31N3O2. The minimum Gasteiger partial charge on any atom is -0.489 e. The molecule has 5 heteroatoms. The van der Waals surface area contributed by atoms with Crippen LogP contribution >= 0.6 is 0 Å². The third-order valence-corrected chi connectivity index (χ3v) is 7.57. The van der Waals surface area contributed by atoms with Crippen LogP contribution in [0.2, 0.25) is 0 Å². The first-order valence-electron chi connectivity index (χ1n) is 13.1. The molecule has 0 unspecified atom stereocenters. The monoisotopic (exact) mass is 489 g/mol. The summed E-state index contributed by atoms with van der Waals surface area (Å²) in [5, 5.41) is 0. The molecule has 0 saturated carbocycles. The highest BCUT2D eigenvalue weighted by Crippen LogP contribution is 2.30. The van der Waals surface area contributed by atoms with E-state index < -0.39 is 0 Å². The summed E-state index contributed by atoms with van der Waals surface area (Å²) in [4.78, 5) is 21.5. The number of benzene rings is 3. The van der Waals surface area contributed by atoms with Crippen molar-refractivity contribution in [3.63, 3.8) is 0 Å². The predicted octanol–water partition coefficient (Wildman–Crippen LogP) is 5.88. The maximum Gasteiger partial charge on any atom is 0.254 e. The molecule has 1 aromatic heterocycles. The maximum atomic E-state index is 12.9. The van der Waals surface area contributed by atoms with Crippen molar-refractivity contribution in [1.82, 2.24) is 9.88 Å². The van der Waals surface area contributed by atoms with Gasteiger partial charge in [0.2, 0.25) is 0 Å². The van der Waals surface area contributed by atoms with Gasteiger partial charge in [0, 0.05) is 55.7 Å². The van der Waals surface area contributed by atoms with Crippen LogP contribution in [0, 0.1) is 0 Å². The number of rotatable bonds is 7. The van der Waals surface area contributed by atoms with Gasteiger partial charge < -0.3 is 14.5 Å². The smallest absolute Gasteiger partial charge is 0.254 e. The lowest BCUT2D eigenvalue weighted by Crippen LogP contribution is -2.45. The Morgan fingerprint density at radius 2 is 1.54 bits per heavy atom. The van der Waals surface area contributed by atoms with Crippen LogP contribution in [0.4, 0.5) is 5.69 Å². The number of para-hydroxylation sites is 1. The number of amides is 1. The van der Waals surface area contributed by atoms with Gasteiger partial charge in [-0.1, -0.05) is 48.5 Å². The number of piperidine rings is 1. The lowest BCUT2D eigenvalue weighted by Gasteiger charge is -2.37. The van der Waals surface area contributed by atoms with Crippen molar-refractivity contribution in [2.45, 2.75) is 38.5 Å². The van der Waals surface area contributed by atoms with Crippen molar-refractivity contribution < 1.29 is 9.53 Å². The lowest BCUT2D eigenvalue weighted by atomic mass is 10.0. The van der Waals surface area contributed by atoms with E-state index in [-0.39, 0.29) is 5.91 Å². The van der Waals surface area contributed by atoms with E-state index in [1.165, 1.54) is 16.8 Å². The zero-order valence-corrected chi connectivity index (χ0v) is 20.9. The summed E-state index contributed by atoms with van der Waals surface area (Å²) in [7, 11) is 0.